The van der Waals surface area contributed by atoms with Crippen LogP contribution in [0.1, 0.15) is 16.7 Å². The lowest BCUT2D eigenvalue weighted by Crippen LogP contribution is -2.09. The van der Waals surface area contributed by atoms with Crippen molar-refractivity contribution < 1.29 is 13.2 Å². The molecule has 1 amide bonds. The van der Waals surface area contributed by atoms with Crippen LogP contribution in [0.5, 0.6) is 0 Å². The Morgan fingerprint density at radius 3 is 2.33 bits per heavy atom. The van der Waals surface area contributed by atoms with Gasteiger partial charge in [0.25, 0.3) is 0 Å². The summed E-state index contributed by atoms with van der Waals surface area (Å²) in [6, 6.07) is 12.6. The first-order valence-corrected chi connectivity index (χ1v) is 9.26. The van der Waals surface area contributed by atoms with Gasteiger partial charge in [-0.05, 0) is 54.8 Å². The smallest absolute Gasteiger partial charge is 0.248 e. The Morgan fingerprint density at radius 2 is 1.71 bits per heavy atom. The second-order valence-corrected chi connectivity index (χ2v) is 7.39. The standard InChI is InChI=1S/C18H20N2O3S/c1-13-4-5-14(2)17(12-13)19-18(21)11-8-15-6-9-16(10-7-15)20-24(3,22)23/h4-12,20H,1-3H3,(H,19,21)/b11-8+. The number of hydrogen-bond donors (Lipinski definition) is 2. The van der Waals surface area contributed by atoms with Crippen LogP contribution in [0, 0.1) is 13.8 Å². The van der Waals surface area contributed by atoms with Crippen molar-refractivity contribution in [3.8, 4) is 0 Å². The summed E-state index contributed by atoms with van der Waals surface area (Å²) in [7, 11) is -3.29. The molecule has 0 aromatic heterocycles. The molecule has 0 radical (unpaired) electrons. The van der Waals surface area contributed by atoms with E-state index in [-0.39, 0.29) is 5.91 Å². The zero-order valence-corrected chi connectivity index (χ0v) is 14.6. The van der Waals surface area contributed by atoms with E-state index in [2.05, 4.69) is 10.0 Å². The first-order chi connectivity index (χ1) is 11.2. The summed E-state index contributed by atoms with van der Waals surface area (Å²) in [6.45, 7) is 3.91. The van der Waals surface area contributed by atoms with Crippen molar-refractivity contribution >= 4 is 33.4 Å². The number of aryl methyl sites for hydroxylation is 2. The number of carbonyl (C=O) groups is 1. The highest BCUT2D eigenvalue weighted by Crippen LogP contribution is 2.16. The molecule has 5 nitrogen and oxygen atoms in total. The summed E-state index contributed by atoms with van der Waals surface area (Å²) in [5.41, 5.74) is 4.14. The normalized spacial score (nSPS) is 11.5. The van der Waals surface area contributed by atoms with Crippen molar-refractivity contribution in [2.24, 2.45) is 0 Å². The molecule has 0 fully saturated rings. The van der Waals surface area contributed by atoms with Crippen molar-refractivity contribution in [1.82, 2.24) is 0 Å². The first kappa shape index (κ1) is 17.7. The van der Waals surface area contributed by atoms with Crippen LogP contribution in [-0.4, -0.2) is 20.6 Å². The van der Waals surface area contributed by atoms with Crippen molar-refractivity contribution in [1.29, 1.82) is 0 Å². The van der Waals surface area contributed by atoms with Gasteiger partial charge in [0.2, 0.25) is 15.9 Å². The molecule has 126 valence electrons. The van der Waals surface area contributed by atoms with E-state index < -0.39 is 10.0 Å². The number of carbonyl (C=O) groups excluding carboxylic acids is 1. The number of rotatable bonds is 5. The Bertz CT molecular complexity index is 870. The summed E-state index contributed by atoms with van der Waals surface area (Å²) >= 11 is 0. The maximum atomic E-state index is 12.0. The van der Waals surface area contributed by atoms with Crippen LogP contribution in [-0.2, 0) is 14.8 Å². The van der Waals surface area contributed by atoms with Crippen molar-refractivity contribution in [3.63, 3.8) is 0 Å². The van der Waals surface area contributed by atoms with E-state index in [0.29, 0.717) is 5.69 Å². The molecule has 0 spiro atoms. The van der Waals surface area contributed by atoms with Gasteiger partial charge in [-0.25, -0.2) is 8.42 Å². The minimum Gasteiger partial charge on any atom is -0.322 e. The average Bonchev–Trinajstić information content (AvgIpc) is 2.49. The zero-order valence-electron chi connectivity index (χ0n) is 13.8. The molecule has 0 unspecified atom stereocenters. The van der Waals surface area contributed by atoms with Crippen LogP contribution in [0.2, 0.25) is 0 Å². The van der Waals surface area contributed by atoms with Gasteiger partial charge >= 0.3 is 0 Å². The van der Waals surface area contributed by atoms with E-state index in [9.17, 15) is 13.2 Å². The van der Waals surface area contributed by atoms with Gasteiger partial charge in [-0.15, -0.1) is 0 Å². The van der Waals surface area contributed by atoms with Gasteiger partial charge in [-0.3, -0.25) is 9.52 Å². The molecule has 6 heteroatoms. The van der Waals surface area contributed by atoms with Crippen molar-refractivity contribution in [3.05, 3.63) is 65.2 Å². The van der Waals surface area contributed by atoms with E-state index in [1.54, 1.807) is 30.3 Å². The predicted octanol–water partition coefficient (Wildman–Crippen LogP) is 3.33. The summed E-state index contributed by atoms with van der Waals surface area (Å²) < 4.78 is 24.7. The maximum absolute atomic E-state index is 12.0. The molecule has 0 saturated carbocycles. The summed E-state index contributed by atoms with van der Waals surface area (Å²) in [6.07, 6.45) is 4.21. The highest BCUT2D eigenvalue weighted by Gasteiger charge is 2.03. The number of benzene rings is 2. The lowest BCUT2D eigenvalue weighted by Gasteiger charge is -2.07. The Kier molecular flexibility index (Phi) is 5.41. The third-order valence-corrected chi connectivity index (χ3v) is 3.90. The Morgan fingerprint density at radius 1 is 1.04 bits per heavy atom. The molecule has 2 rings (SSSR count). The largest absolute Gasteiger partial charge is 0.322 e. The molecule has 0 heterocycles. The molecule has 0 aliphatic heterocycles. The molecule has 0 atom stereocenters. The number of amides is 1. The molecule has 2 N–H and O–H groups in total. The molecule has 0 aliphatic carbocycles. The predicted molar refractivity (Wildman–Crippen MR) is 98.5 cm³/mol. The van der Waals surface area contributed by atoms with Crippen molar-refractivity contribution in [2.75, 3.05) is 16.3 Å². The molecule has 0 saturated heterocycles. The first-order valence-electron chi connectivity index (χ1n) is 7.37. The zero-order chi connectivity index (χ0) is 17.7. The Balaban J connectivity index is 2.02. The minimum atomic E-state index is -3.29. The third kappa shape index (κ3) is 5.55. The van der Waals surface area contributed by atoms with Crippen LogP contribution >= 0.6 is 0 Å². The van der Waals surface area contributed by atoms with Gasteiger partial charge in [0.15, 0.2) is 0 Å². The number of anilines is 2. The minimum absolute atomic E-state index is 0.220. The summed E-state index contributed by atoms with van der Waals surface area (Å²) in [5, 5.41) is 2.85. The topological polar surface area (TPSA) is 75.3 Å². The molecular weight excluding hydrogens is 324 g/mol. The van der Waals surface area contributed by atoms with E-state index in [1.807, 2.05) is 32.0 Å². The molecule has 2 aromatic carbocycles. The fourth-order valence-corrected chi connectivity index (χ4v) is 2.66. The SMILES string of the molecule is Cc1ccc(C)c(NC(=O)/C=C/c2ccc(NS(C)(=O)=O)cc2)c1. The molecular formula is C18H20N2O3S. The second kappa shape index (κ2) is 7.31. The number of sulfonamides is 1. The lowest BCUT2D eigenvalue weighted by atomic mass is 10.1. The highest BCUT2D eigenvalue weighted by molar-refractivity contribution is 7.92. The van der Waals surface area contributed by atoms with Gasteiger partial charge in [0.1, 0.15) is 0 Å². The van der Waals surface area contributed by atoms with Crippen LogP contribution < -0.4 is 10.0 Å². The Hall–Kier alpha value is -2.60. The van der Waals surface area contributed by atoms with Crippen LogP contribution in [0.25, 0.3) is 6.08 Å². The Labute approximate surface area is 142 Å². The third-order valence-electron chi connectivity index (χ3n) is 3.29. The van der Waals surface area contributed by atoms with E-state index in [0.717, 1.165) is 28.6 Å². The van der Waals surface area contributed by atoms with Gasteiger partial charge in [0.05, 0.1) is 6.26 Å². The van der Waals surface area contributed by atoms with E-state index in [4.69, 9.17) is 0 Å². The van der Waals surface area contributed by atoms with Crippen LogP contribution in [0.3, 0.4) is 0 Å². The van der Waals surface area contributed by atoms with Gasteiger partial charge in [0, 0.05) is 17.5 Å². The van der Waals surface area contributed by atoms with Crippen molar-refractivity contribution in [2.45, 2.75) is 13.8 Å². The molecule has 0 aliphatic rings. The van der Waals surface area contributed by atoms with E-state index >= 15 is 0 Å². The van der Waals surface area contributed by atoms with Gasteiger partial charge in [-0.2, -0.15) is 0 Å². The monoisotopic (exact) mass is 344 g/mol. The van der Waals surface area contributed by atoms with E-state index in [1.165, 1.54) is 6.08 Å². The van der Waals surface area contributed by atoms with Gasteiger partial charge < -0.3 is 5.32 Å². The quantitative estimate of drug-likeness (QED) is 0.817. The number of hydrogen-bond acceptors (Lipinski definition) is 3. The highest BCUT2D eigenvalue weighted by atomic mass is 32.2. The molecule has 2 aromatic rings. The van der Waals surface area contributed by atoms with Crippen LogP contribution in [0.4, 0.5) is 11.4 Å². The summed E-state index contributed by atoms with van der Waals surface area (Å²) in [5.74, 6) is -0.220. The molecule has 0 bridgehead atoms. The summed E-state index contributed by atoms with van der Waals surface area (Å²) in [4.78, 5) is 12.0. The number of nitrogens with one attached hydrogen (secondary N) is 2. The fraction of sp³-hybridized carbons (Fsp3) is 0.167. The average molecular weight is 344 g/mol. The lowest BCUT2D eigenvalue weighted by molar-refractivity contribution is -0.111. The fourth-order valence-electron chi connectivity index (χ4n) is 2.09. The van der Waals surface area contributed by atoms with Gasteiger partial charge in [-0.1, -0.05) is 24.3 Å². The second-order valence-electron chi connectivity index (χ2n) is 5.64. The maximum Gasteiger partial charge on any atom is 0.248 e. The van der Waals surface area contributed by atoms with Crippen LogP contribution in [0.15, 0.2) is 48.5 Å². The molecule has 24 heavy (non-hydrogen) atoms.